The van der Waals surface area contributed by atoms with Crippen molar-refractivity contribution in [3.05, 3.63) is 28.8 Å². The maximum absolute atomic E-state index is 10.3. The molecule has 5 nitrogen and oxygen atoms in total. The predicted molar refractivity (Wildman–Crippen MR) is 103 cm³/mol. The topological polar surface area (TPSA) is 65.0 Å². The van der Waals surface area contributed by atoms with Crippen LogP contribution >= 0.6 is 11.6 Å². The zero-order valence-electron chi connectivity index (χ0n) is 16.1. The average molecular weight is 387 g/mol. The van der Waals surface area contributed by atoms with E-state index in [9.17, 15) is 4.79 Å². The second kappa shape index (κ2) is 12.2. The summed E-state index contributed by atoms with van der Waals surface area (Å²) in [6.45, 7) is 7.72. The van der Waals surface area contributed by atoms with E-state index in [0.29, 0.717) is 30.6 Å². The van der Waals surface area contributed by atoms with Gasteiger partial charge >= 0.3 is 5.97 Å². The highest BCUT2D eigenvalue weighted by Crippen LogP contribution is 2.34. The third-order valence-corrected chi connectivity index (χ3v) is 4.50. The number of ether oxygens (including phenoxy) is 3. The van der Waals surface area contributed by atoms with Gasteiger partial charge in [0.25, 0.3) is 0 Å². The number of benzene rings is 1. The minimum Gasteiger partial charge on any atom is -0.490 e. The molecule has 0 fully saturated rings. The van der Waals surface area contributed by atoms with E-state index in [-0.39, 0.29) is 18.6 Å². The average Bonchev–Trinajstić information content (AvgIpc) is 2.58. The molecule has 0 saturated heterocycles. The Morgan fingerprint density at radius 1 is 1.12 bits per heavy atom. The summed E-state index contributed by atoms with van der Waals surface area (Å²) >= 11 is 6.37. The molecule has 1 aromatic rings. The van der Waals surface area contributed by atoms with E-state index in [1.807, 2.05) is 12.1 Å². The molecule has 1 rings (SSSR count). The molecule has 148 valence electrons. The second-order valence-electron chi connectivity index (χ2n) is 6.89. The maximum atomic E-state index is 10.3. The van der Waals surface area contributed by atoms with Crippen LogP contribution in [0.4, 0.5) is 0 Å². The Kier molecular flexibility index (Phi) is 10.6. The Labute approximate surface area is 161 Å². The number of hydrogen-bond acceptors (Lipinski definition) is 4. The molecule has 0 bridgehead atoms. The molecule has 6 heteroatoms. The first-order valence-electron chi connectivity index (χ1n) is 9.17. The number of carboxylic acid groups (broad SMARTS) is 1. The van der Waals surface area contributed by atoms with Crippen molar-refractivity contribution in [2.24, 2.45) is 0 Å². The highest BCUT2D eigenvalue weighted by atomic mass is 35.5. The van der Waals surface area contributed by atoms with Crippen LogP contribution in [0.2, 0.25) is 5.02 Å². The molecule has 0 aromatic heterocycles. The summed E-state index contributed by atoms with van der Waals surface area (Å²) in [5.41, 5.74) is 1.31. The molecule has 26 heavy (non-hydrogen) atoms. The van der Waals surface area contributed by atoms with Crippen molar-refractivity contribution in [3.63, 3.8) is 0 Å². The lowest BCUT2D eigenvalue weighted by atomic mass is 9.80. The van der Waals surface area contributed by atoms with Crippen molar-refractivity contribution in [1.29, 1.82) is 0 Å². The summed E-state index contributed by atoms with van der Waals surface area (Å²) in [7, 11) is 0. The Morgan fingerprint density at radius 2 is 1.81 bits per heavy atom. The van der Waals surface area contributed by atoms with Crippen molar-refractivity contribution >= 4 is 17.6 Å². The van der Waals surface area contributed by atoms with Crippen LogP contribution in [-0.4, -0.2) is 44.1 Å². The van der Waals surface area contributed by atoms with Crippen LogP contribution in [0, 0.1) is 0 Å². The summed E-state index contributed by atoms with van der Waals surface area (Å²) in [5, 5.41) is 9.04. The molecule has 1 N–H and O–H groups in total. The van der Waals surface area contributed by atoms with Crippen LogP contribution in [0.5, 0.6) is 5.75 Å². The van der Waals surface area contributed by atoms with Gasteiger partial charge in [-0.3, -0.25) is 0 Å². The van der Waals surface area contributed by atoms with Crippen LogP contribution in [0.1, 0.15) is 52.0 Å². The van der Waals surface area contributed by atoms with Gasteiger partial charge in [-0.1, -0.05) is 57.7 Å². The zero-order valence-corrected chi connectivity index (χ0v) is 16.8. The monoisotopic (exact) mass is 386 g/mol. The van der Waals surface area contributed by atoms with E-state index < -0.39 is 5.97 Å². The Hall–Kier alpha value is -1.30. The third-order valence-electron chi connectivity index (χ3n) is 4.20. The first kappa shape index (κ1) is 22.7. The van der Waals surface area contributed by atoms with Crippen LogP contribution in [-0.2, 0) is 19.7 Å². The van der Waals surface area contributed by atoms with Crippen molar-refractivity contribution in [1.82, 2.24) is 0 Å². The van der Waals surface area contributed by atoms with Gasteiger partial charge in [0.1, 0.15) is 19.0 Å². The molecule has 0 aliphatic carbocycles. The van der Waals surface area contributed by atoms with Crippen molar-refractivity contribution in [2.45, 2.75) is 51.9 Å². The van der Waals surface area contributed by atoms with Crippen LogP contribution in [0.3, 0.4) is 0 Å². The summed E-state index contributed by atoms with van der Waals surface area (Å²) in [5.74, 6) is -0.342. The van der Waals surface area contributed by atoms with Gasteiger partial charge in [-0.05, 0) is 29.5 Å². The van der Waals surface area contributed by atoms with Crippen LogP contribution < -0.4 is 4.74 Å². The first-order chi connectivity index (χ1) is 12.4. The Balaban J connectivity index is 2.35. The van der Waals surface area contributed by atoms with Gasteiger partial charge in [-0.2, -0.15) is 0 Å². The normalized spacial score (nSPS) is 11.5. The SMILES string of the molecule is CCCCCC(C)(C)c1ccc(OCCOCCOCC(=O)O)c(Cl)c1. The summed E-state index contributed by atoms with van der Waals surface area (Å²) in [6.07, 6.45) is 4.82. The summed E-state index contributed by atoms with van der Waals surface area (Å²) in [6, 6.07) is 5.98. The predicted octanol–water partition coefficient (Wildman–Crippen LogP) is 4.69. The lowest BCUT2D eigenvalue weighted by Crippen LogP contribution is -2.17. The summed E-state index contributed by atoms with van der Waals surface area (Å²) < 4.78 is 15.9. The minimum absolute atomic E-state index is 0.0937. The third kappa shape index (κ3) is 8.88. The molecule has 0 atom stereocenters. The van der Waals surface area contributed by atoms with E-state index in [4.69, 9.17) is 30.9 Å². The van der Waals surface area contributed by atoms with Gasteiger partial charge in [0, 0.05) is 0 Å². The van der Waals surface area contributed by atoms with Crippen molar-refractivity contribution < 1.29 is 24.1 Å². The molecule has 0 amide bonds. The first-order valence-corrected chi connectivity index (χ1v) is 9.54. The number of rotatable bonds is 14. The largest absolute Gasteiger partial charge is 0.490 e. The fraction of sp³-hybridized carbons (Fsp3) is 0.650. The Morgan fingerprint density at radius 3 is 2.46 bits per heavy atom. The molecule has 0 spiro atoms. The summed E-state index contributed by atoms with van der Waals surface area (Å²) in [4.78, 5) is 10.3. The lowest BCUT2D eigenvalue weighted by Gasteiger charge is -2.26. The molecule has 0 unspecified atom stereocenters. The van der Waals surface area contributed by atoms with Gasteiger partial charge in [0.2, 0.25) is 0 Å². The molecular weight excluding hydrogens is 356 g/mol. The van der Waals surface area contributed by atoms with E-state index in [0.717, 1.165) is 6.42 Å². The lowest BCUT2D eigenvalue weighted by molar-refractivity contribution is -0.142. The van der Waals surface area contributed by atoms with Crippen molar-refractivity contribution in [3.8, 4) is 5.75 Å². The van der Waals surface area contributed by atoms with E-state index in [2.05, 4.69) is 26.8 Å². The zero-order chi connectivity index (χ0) is 19.4. The molecule has 0 saturated carbocycles. The molecule has 0 heterocycles. The van der Waals surface area contributed by atoms with Gasteiger partial charge < -0.3 is 19.3 Å². The molecule has 0 aliphatic rings. The number of carbonyl (C=O) groups is 1. The maximum Gasteiger partial charge on any atom is 0.329 e. The molecule has 1 aromatic carbocycles. The molecular formula is C20H31ClO5. The van der Waals surface area contributed by atoms with Gasteiger partial charge in [-0.25, -0.2) is 4.79 Å². The van der Waals surface area contributed by atoms with Crippen LogP contribution in [0.15, 0.2) is 18.2 Å². The number of aliphatic carboxylic acids is 1. The highest BCUT2D eigenvalue weighted by Gasteiger charge is 2.21. The fourth-order valence-electron chi connectivity index (χ4n) is 2.59. The Bertz CT molecular complexity index is 545. The van der Waals surface area contributed by atoms with Gasteiger partial charge in [-0.15, -0.1) is 0 Å². The smallest absolute Gasteiger partial charge is 0.329 e. The number of halogens is 1. The van der Waals surface area contributed by atoms with E-state index >= 15 is 0 Å². The fourth-order valence-corrected chi connectivity index (χ4v) is 2.83. The van der Waals surface area contributed by atoms with Crippen LogP contribution in [0.25, 0.3) is 0 Å². The number of hydrogen-bond donors (Lipinski definition) is 1. The standard InChI is InChI=1S/C20H31ClO5/c1-4-5-6-9-20(2,3)16-7-8-18(17(21)14-16)26-13-12-24-10-11-25-15-19(22)23/h7-8,14H,4-6,9-13,15H2,1-3H3,(H,22,23). The molecule has 0 aliphatic heterocycles. The minimum atomic E-state index is -0.986. The molecule has 0 radical (unpaired) electrons. The van der Waals surface area contributed by atoms with E-state index in [1.165, 1.54) is 24.8 Å². The van der Waals surface area contributed by atoms with E-state index in [1.54, 1.807) is 0 Å². The number of unbranched alkanes of at least 4 members (excludes halogenated alkanes) is 2. The quantitative estimate of drug-likeness (QED) is 0.469. The number of carboxylic acids is 1. The highest BCUT2D eigenvalue weighted by molar-refractivity contribution is 6.32. The van der Waals surface area contributed by atoms with Gasteiger partial charge in [0.15, 0.2) is 0 Å². The second-order valence-corrected chi connectivity index (χ2v) is 7.30. The van der Waals surface area contributed by atoms with Gasteiger partial charge in [0.05, 0.1) is 24.8 Å². The van der Waals surface area contributed by atoms with Crippen molar-refractivity contribution in [2.75, 3.05) is 33.0 Å².